The number of aryl methyl sites for hydroxylation is 1. The van der Waals surface area contributed by atoms with Gasteiger partial charge in [-0.15, -0.1) is 0 Å². The molecule has 26 heavy (non-hydrogen) atoms. The number of halogens is 2. The van der Waals surface area contributed by atoms with Crippen LogP contribution in [-0.4, -0.2) is 36.6 Å². The quantitative estimate of drug-likeness (QED) is 0.503. The molecule has 1 heterocycles. The van der Waals surface area contributed by atoms with E-state index >= 15 is 0 Å². The number of aromatic nitrogens is 1. The highest BCUT2D eigenvalue weighted by Crippen LogP contribution is 2.26. The number of Topliss-reactive ketones (excluding diaryl/α,β-unsaturated/α-hetero) is 1. The maximum absolute atomic E-state index is 12.5. The second-order valence-corrected chi connectivity index (χ2v) is 6.85. The summed E-state index contributed by atoms with van der Waals surface area (Å²) < 4.78 is 12.3. The molecule has 0 aliphatic heterocycles. The minimum atomic E-state index is -0.688. The van der Waals surface area contributed by atoms with Gasteiger partial charge >= 0.3 is 5.97 Å². The molecule has 1 aromatic carbocycles. The number of esters is 1. The maximum atomic E-state index is 12.5. The molecule has 1 unspecified atom stereocenters. The molecule has 0 saturated heterocycles. The summed E-state index contributed by atoms with van der Waals surface area (Å²) in [4.78, 5) is 24.7. The van der Waals surface area contributed by atoms with Gasteiger partial charge in [0.1, 0.15) is 0 Å². The van der Waals surface area contributed by atoms with Crippen LogP contribution in [0.15, 0.2) is 24.3 Å². The van der Waals surface area contributed by atoms with Crippen molar-refractivity contribution in [2.75, 3.05) is 20.3 Å². The van der Waals surface area contributed by atoms with E-state index in [0.717, 1.165) is 11.4 Å². The molecule has 0 spiro atoms. The molecule has 2 aromatic rings. The zero-order valence-corrected chi connectivity index (χ0v) is 16.6. The molecular formula is C19H21Cl2NO4. The second-order valence-electron chi connectivity index (χ2n) is 6.06. The van der Waals surface area contributed by atoms with Gasteiger partial charge in [0.2, 0.25) is 5.78 Å². The van der Waals surface area contributed by atoms with E-state index in [0.29, 0.717) is 12.2 Å². The van der Waals surface area contributed by atoms with E-state index < -0.39 is 5.97 Å². The highest BCUT2D eigenvalue weighted by atomic mass is 35.5. The number of carbonyl (C=O) groups is 2. The molecule has 0 bridgehead atoms. The first kappa shape index (κ1) is 20.5. The highest BCUT2D eigenvalue weighted by Gasteiger charge is 2.21. The Labute approximate surface area is 162 Å². The van der Waals surface area contributed by atoms with Crippen molar-refractivity contribution < 1.29 is 19.1 Å². The number of nitrogens with zero attached hydrogens (tertiary/aromatic N) is 1. The van der Waals surface area contributed by atoms with Gasteiger partial charge in [0, 0.05) is 24.1 Å². The van der Waals surface area contributed by atoms with E-state index in [-0.39, 0.29) is 34.0 Å². The fraction of sp³-hybridized carbons (Fsp3) is 0.368. The number of carbonyl (C=O) groups excluding carboxylic acids is 2. The number of methoxy groups -OCH3 is 1. The van der Waals surface area contributed by atoms with Crippen molar-refractivity contribution in [1.29, 1.82) is 0 Å². The topological polar surface area (TPSA) is 57.5 Å². The third kappa shape index (κ3) is 4.29. The number of benzene rings is 1. The first-order chi connectivity index (χ1) is 12.3. The Morgan fingerprint density at radius 2 is 1.88 bits per heavy atom. The van der Waals surface area contributed by atoms with E-state index in [1.54, 1.807) is 25.3 Å². The Bertz CT molecular complexity index is 829. The summed E-state index contributed by atoms with van der Waals surface area (Å²) in [6, 6.07) is 6.55. The predicted molar refractivity (Wildman–Crippen MR) is 102 cm³/mol. The number of ether oxygens (including phenoxy) is 2. The molecule has 0 saturated carbocycles. The second kappa shape index (κ2) is 8.71. The van der Waals surface area contributed by atoms with Crippen molar-refractivity contribution >= 4 is 35.0 Å². The third-order valence-corrected chi connectivity index (χ3v) is 4.96. The van der Waals surface area contributed by atoms with Crippen molar-refractivity contribution in [1.82, 2.24) is 4.57 Å². The van der Waals surface area contributed by atoms with Gasteiger partial charge in [0.15, 0.2) is 6.61 Å². The van der Waals surface area contributed by atoms with Crippen LogP contribution in [0.5, 0.6) is 0 Å². The van der Waals surface area contributed by atoms with Crippen LogP contribution in [0.1, 0.15) is 45.1 Å². The molecule has 0 amide bonds. The molecule has 1 aromatic heterocycles. The van der Waals surface area contributed by atoms with Gasteiger partial charge in [-0.2, -0.15) is 0 Å². The summed E-state index contributed by atoms with van der Waals surface area (Å²) >= 11 is 11.9. The van der Waals surface area contributed by atoms with Crippen molar-refractivity contribution in [2.45, 2.75) is 26.8 Å². The van der Waals surface area contributed by atoms with Gasteiger partial charge in [0.25, 0.3) is 0 Å². The minimum absolute atomic E-state index is 0.0920. The lowest BCUT2D eigenvalue weighted by Crippen LogP contribution is -2.17. The first-order valence-electron chi connectivity index (χ1n) is 8.09. The van der Waals surface area contributed by atoms with Crippen LogP contribution in [0.2, 0.25) is 10.0 Å². The molecule has 0 fully saturated rings. The molecule has 140 valence electrons. The largest absolute Gasteiger partial charge is 0.454 e. The zero-order chi connectivity index (χ0) is 19.4. The Balaban J connectivity index is 2.12. The summed E-state index contributed by atoms with van der Waals surface area (Å²) in [6.07, 6.45) is 0. The lowest BCUT2D eigenvalue weighted by Gasteiger charge is -2.17. The predicted octanol–water partition coefficient (Wildman–Crippen LogP) is 4.66. The van der Waals surface area contributed by atoms with Gasteiger partial charge < -0.3 is 14.0 Å². The Morgan fingerprint density at radius 1 is 1.19 bits per heavy atom. The number of hydrogen-bond donors (Lipinski definition) is 0. The molecular weight excluding hydrogens is 377 g/mol. The van der Waals surface area contributed by atoms with Crippen LogP contribution in [0.25, 0.3) is 0 Å². The van der Waals surface area contributed by atoms with Gasteiger partial charge in [-0.05, 0) is 39.0 Å². The van der Waals surface area contributed by atoms with Gasteiger partial charge in [-0.1, -0.05) is 29.3 Å². The summed E-state index contributed by atoms with van der Waals surface area (Å²) in [5, 5.41) is 0.362. The molecule has 7 heteroatoms. The van der Waals surface area contributed by atoms with Gasteiger partial charge in [-0.25, -0.2) is 4.79 Å². The standard InChI is InChI=1S/C19H21Cl2NO4/c1-11-8-15(13(3)22(11)12(2)9-25-4)17(23)10-26-19(24)14-6-5-7-16(20)18(14)21/h5-8,12H,9-10H2,1-4H3. The monoisotopic (exact) mass is 397 g/mol. The van der Waals surface area contributed by atoms with Gasteiger partial charge in [-0.3, -0.25) is 4.79 Å². The molecule has 0 radical (unpaired) electrons. The molecule has 0 N–H and O–H groups in total. The van der Waals surface area contributed by atoms with E-state index in [1.165, 1.54) is 6.07 Å². The number of hydrogen-bond acceptors (Lipinski definition) is 4. The highest BCUT2D eigenvalue weighted by molar-refractivity contribution is 6.43. The van der Waals surface area contributed by atoms with E-state index in [9.17, 15) is 9.59 Å². The van der Waals surface area contributed by atoms with Crippen LogP contribution in [0.4, 0.5) is 0 Å². The molecule has 2 rings (SSSR count). The van der Waals surface area contributed by atoms with E-state index in [4.69, 9.17) is 32.7 Å². The van der Waals surface area contributed by atoms with E-state index in [1.807, 2.05) is 25.3 Å². The summed E-state index contributed by atoms with van der Waals surface area (Å²) in [7, 11) is 1.64. The molecule has 1 atom stereocenters. The molecule has 5 nitrogen and oxygen atoms in total. The average Bonchev–Trinajstić information content (AvgIpc) is 2.89. The lowest BCUT2D eigenvalue weighted by molar-refractivity contribution is 0.0474. The summed E-state index contributed by atoms with van der Waals surface area (Å²) in [6.45, 7) is 5.96. The van der Waals surface area contributed by atoms with Crippen LogP contribution in [-0.2, 0) is 9.47 Å². The average molecular weight is 398 g/mol. The minimum Gasteiger partial charge on any atom is -0.454 e. The van der Waals surface area contributed by atoms with E-state index in [2.05, 4.69) is 0 Å². The van der Waals surface area contributed by atoms with Crippen LogP contribution in [0, 0.1) is 13.8 Å². The summed E-state index contributed by atoms with van der Waals surface area (Å²) in [5.41, 5.74) is 2.41. The number of rotatable bonds is 7. The summed E-state index contributed by atoms with van der Waals surface area (Å²) in [5.74, 6) is -0.965. The zero-order valence-electron chi connectivity index (χ0n) is 15.1. The fourth-order valence-electron chi connectivity index (χ4n) is 3.00. The maximum Gasteiger partial charge on any atom is 0.340 e. The van der Waals surface area contributed by atoms with Crippen LogP contribution in [0.3, 0.4) is 0 Å². The van der Waals surface area contributed by atoms with Crippen molar-refractivity contribution in [3.05, 3.63) is 56.8 Å². The third-order valence-electron chi connectivity index (χ3n) is 4.14. The Hall–Kier alpha value is -1.82. The SMILES string of the molecule is COCC(C)n1c(C)cc(C(=O)COC(=O)c2cccc(Cl)c2Cl)c1C. The van der Waals surface area contributed by atoms with Crippen molar-refractivity contribution in [3.63, 3.8) is 0 Å². The van der Waals surface area contributed by atoms with Crippen molar-refractivity contribution in [2.24, 2.45) is 0 Å². The Kier molecular flexibility index (Phi) is 6.87. The first-order valence-corrected chi connectivity index (χ1v) is 8.85. The van der Waals surface area contributed by atoms with Gasteiger partial charge in [0.05, 0.1) is 28.3 Å². The fourth-order valence-corrected chi connectivity index (χ4v) is 3.38. The Morgan fingerprint density at radius 3 is 2.54 bits per heavy atom. The lowest BCUT2D eigenvalue weighted by atomic mass is 10.1. The normalized spacial score (nSPS) is 12.1. The molecule has 0 aliphatic rings. The number of ketones is 1. The van der Waals surface area contributed by atoms with Crippen LogP contribution < -0.4 is 0 Å². The molecule has 0 aliphatic carbocycles. The smallest absolute Gasteiger partial charge is 0.340 e. The van der Waals surface area contributed by atoms with Crippen LogP contribution >= 0.6 is 23.2 Å². The van der Waals surface area contributed by atoms with Crippen molar-refractivity contribution in [3.8, 4) is 0 Å².